The van der Waals surface area contributed by atoms with Crippen molar-refractivity contribution < 1.29 is 24.2 Å². The molecule has 0 rings (SSSR count). The predicted octanol–water partition coefficient (Wildman–Crippen LogP) is -0.858. The first-order valence-electron chi connectivity index (χ1n) is 4.03. The fourth-order valence-corrected chi connectivity index (χ4v) is 0.788. The number of rotatable bonds is 5. The predicted molar refractivity (Wildman–Crippen MR) is 49.6 cm³/mol. The molecule has 0 heterocycles. The molecular formula is C9H11NO5. The topological polar surface area (TPSA) is 92.7 Å². The summed E-state index contributed by atoms with van der Waals surface area (Å²) in [6, 6.07) is -1.31. The van der Waals surface area contributed by atoms with Crippen molar-refractivity contribution in [1.29, 1.82) is 0 Å². The van der Waals surface area contributed by atoms with Gasteiger partial charge in [-0.15, -0.1) is 6.42 Å². The zero-order valence-electron chi connectivity index (χ0n) is 8.15. The maximum absolute atomic E-state index is 11.0. The summed E-state index contributed by atoms with van der Waals surface area (Å²) in [6.07, 6.45) is 4.20. The molecule has 0 aromatic heterocycles. The van der Waals surface area contributed by atoms with Crippen molar-refractivity contribution in [1.82, 2.24) is 5.32 Å². The van der Waals surface area contributed by atoms with Crippen LogP contribution >= 0.6 is 0 Å². The summed E-state index contributed by atoms with van der Waals surface area (Å²) in [5.74, 6) is -0.592. The molecule has 0 saturated heterocycles. The Hall–Kier alpha value is -2.03. The van der Waals surface area contributed by atoms with Crippen LogP contribution in [0, 0.1) is 12.3 Å². The van der Waals surface area contributed by atoms with Gasteiger partial charge >= 0.3 is 11.9 Å². The van der Waals surface area contributed by atoms with Gasteiger partial charge in [-0.3, -0.25) is 9.59 Å². The standard InChI is InChI=1S/C9H11NO5/c1-3-4-7(11)10-6(9(13)14)5-8(12)15-2/h1,6H,4-5H2,2H3,(H,10,11)(H,13,14)/t6-/m0/s1. The maximum Gasteiger partial charge on any atom is 0.326 e. The van der Waals surface area contributed by atoms with Crippen molar-refractivity contribution in [3.63, 3.8) is 0 Å². The van der Waals surface area contributed by atoms with Gasteiger partial charge in [0.05, 0.1) is 20.0 Å². The van der Waals surface area contributed by atoms with Crippen LogP contribution < -0.4 is 5.32 Å². The fraction of sp³-hybridized carbons (Fsp3) is 0.444. The van der Waals surface area contributed by atoms with E-state index in [4.69, 9.17) is 11.5 Å². The van der Waals surface area contributed by atoms with Crippen LogP contribution in [0.25, 0.3) is 0 Å². The molecule has 0 bridgehead atoms. The van der Waals surface area contributed by atoms with E-state index in [1.165, 1.54) is 0 Å². The highest BCUT2D eigenvalue weighted by atomic mass is 16.5. The van der Waals surface area contributed by atoms with E-state index >= 15 is 0 Å². The lowest BCUT2D eigenvalue weighted by atomic mass is 10.2. The van der Waals surface area contributed by atoms with Crippen LogP contribution in [-0.4, -0.2) is 36.1 Å². The Morgan fingerprint density at radius 3 is 2.53 bits per heavy atom. The number of carboxylic acids is 1. The lowest BCUT2D eigenvalue weighted by molar-refractivity contribution is -0.148. The first-order valence-corrected chi connectivity index (χ1v) is 4.03. The molecule has 1 amide bonds. The molecule has 0 aromatic carbocycles. The van der Waals surface area contributed by atoms with Crippen molar-refractivity contribution in [2.24, 2.45) is 0 Å². The van der Waals surface area contributed by atoms with E-state index < -0.39 is 30.3 Å². The monoisotopic (exact) mass is 213 g/mol. The smallest absolute Gasteiger partial charge is 0.326 e. The summed E-state index contributed by atoms with van der Waals surface area (Å²) in [7, 11) is 1.13. The van der Waals surface area contributed by atoms with Crippen molar-refractivity contribution in [2.45, 2.75) is 18.9 Å². The molecule has 0 radical (unpaired) electrons. The lowest BCUT2D eigenvalue weighted by Crippen LogP contribution is -2.42. The number of hydrogen-bond donors (Lipinski definition) is 2. The number of terminal acetylenes is 1. The second-order valence-corrected chi connectivity index (χ2v) is 2.62. The number of amides is 1. The van der Waals surface area contributed by atoms with Crippen LogP contribution in [0.4, 0.5) is 0 Å². The number of esters is 1. The highest BCUT2D eigenvalue weighted by Gasteiger charge is 2.23. The SMILES string of the molecule is C#CCC(=O)N[C@@H](CC(=O)OC)C(=O)O. The molecule has 0 aromatic rings. The van der Waals surface area contributed by atoms with Crippen LogP contribution in [0.2, 0.25) is 0 Å². The summed E-state index contributed by atoms with van der Waals surface area (Å²) >= 11 is 0. The Bertz CT molecular complexity index is 304. The van der Waals surface area contributed by atoms with E-state index in [0.29, 0.717) is 0 Å². The van der Waals surface area contributed by atoms with Crippen molar-refractivity contribution in [2.75, 3.05) is 7.11 Å². The van der Waals surface area contributed by atoms with Gasteiger partial charge in [-0.1, -0.05) is 5.92 Å². The molecule has 0 aliphatic carbocycles. The van der Waals surface area contributed by atoms with Crippen molar-refractivity contribution in [3.8, 4) is 12.3 Å². The average molecular weight is 213 g/mol. The zero-order valence-corrected chi connectivity index (χ0v) is 8.15. The molecule has 0 aliphatic rings. The summed E-state index contributed by atoms with van der Waals surface area (Å²) in [5.41, 5.74) is 0. The number of methoxy groups -OCH3 is 1. The van der Waals surface area contributed by atoms with Gasteiger partial charge in [0.15, 0.2) is 0 Å². The molecule has 0 saturated carbocycles. The average Bonchev–Trinajstić information content (AvgIpc) is 2.16. The Morgan fingerprint density at radius 1 is 1.53 bits per heavy atom. The maximum atomic E-state index is 11.0. The second kappa shape index (κ2) is 6.43. The van der Waals surface area contributed by atoms with Crippen LogP contribution in [0.5, 0.6) is 0 Å². The van der Waals surface area contributed by atoms with E-state index in [2.05, 4.69) is 16.0 Å². The van der Waals surface area contributed by atoms with Gasteiger partial charge in [-0.25, -0.2) is 4.79 Å². The fourth-order valence-electron chi connectivity index (χ4n) is 0.788. The zero-order chi connectivity index (χ0) is 11.8. The van der Waals surface area contributed by atoms with Crippen LogP contribution in [0.1, 0.15) is 12.8 Å². The first-order chi connectivity index (χ1) is 7.01. The summed E-state index contributed by atoms with van der Waals surface area (Å²) in [4.78, 5) is 32.4. The number of ether oxygens (including phenoxy) is 1. The normalized spacial score (nSPS) is 10.9. The highest BCUT2D eigenvalue weighted by Crippen LogP contribution is 1.95. The van der Waals surface area contributed by atoms with Crippen molar-refractivity contribution >= 4 is 17.8 Å². The number of carboxylic acid groups (broad SMARTS) is 1. The van der Waals surface area contributed by atoms with E-state index in [-0.39, 0.29) is 6.42 Å². The third-order valence-corrected chi connectivity index (χ3v) is 1.49. The first kappa shape index (κ1) is 13.0. The molecule has 0 fully saturated rings. The minimum atomic E-state index is -1.31. The Kier molecular flexibility index (Phi) is 5.56. The molecule has 0 unspecified atom stereocenters. The largest absolute Gasteiger partial charge is 0.480 e. The van der Waals surface area contributed by atoms with Gasteiger partial charge in [-0.2, -0.15) is 0 Å². The van der Waals surface area contributed by atoms with Crippen molar-refractivity contribution in [3.05, 3.63) is 0 Å². The molecule has 2 N–H and O–H groups in total. The molecule has 15 heavy (non-hydrogen) atoms. The van der Waals surface area contributed by atoms with Gasteiger partial charge in [0.1, 0.15) is 6.04 Å². The minimum Gasteiger partial charge on any atom is -0.480 e. The Labute approximate surface area is 86.6 Å². The molecule has 6 heteroatoms. The molecule has 6 nitrogen and oxygen atoms in total. The van der Waals surface area contributed by atoms with Gasteiger partial charge in [0, 0.05) is 0 Å². The minimum absolute atomic E-state index is 0.231. The summed E-state index contributed by atoms with van der Waals surface area (Å²) < 4.78 is 4.28. The molecule has 1 atom stereocenters. The highest BCUT2D eigenvalue weighted by molar-refractivity contribution is 5.87. The number of aliphatic carboxylic acids is 1. The van der Waals surface area contributed by atoms with E-state index in [0.717, 1.165) is 7.11 Å². The summed E-state index contributed by atoms with van der Waals surface area (Å²) in [5, 5.41) is 10.8. The Balaban J connectivity index is 4.30. The number of hydrogen-bond acceptors (Lipinski definition) is 4. The number of carbonyl (C=O) groups is 3. The third-order valence-electron chi connectivity index (χ3n) is 1.49. The number of carbonyl (C=O) groups excluding carboxylic acids is 2. The molecular weight excluding hydrogens is 202 g/mol. The van der Waals surface area contributed by atoms with Gasteiger partial charge in [-0.05, 0) is 0 Å². The van der Waals surface area contributed by atoms with Crippen LogP contribution in [0.3, 0.4) is 0 Å². The van der Waals surface area contributed by atoms with Crippen LogP contribution in [-0.2, 0) is 19.1 Å². The second-order valence-electron chi connectivity index (χ2n) is 2.62. The van der Waals surface area contributed by atoms with Crippen LogP contribution in [0.15, 0.2) is 0 Å². The third kappa shape index (κ3) is 5.31. The van der Waals surface area contributed by atoms with Gasteiger partial charge < -0.3 is 15.2 Å². The van der Waals surface area contributed by atoms with Gasteiger partial charge in [0.2, 0.25) is 5.91 Å². The quantitative estimate of drug-likeness (QED) is 0.458. The molecule has 0 aliphatic heterocycles. The summed E-state index contributed by atoms with van der Waals surface area (Å²) in [6.45, 7) is 0. The van der Waals surface area contributed by atoms with E-state index in [9.17, 15) is 14.4 Å². The lowest BCUT2D eigenvalue weighted by Gasteiger charge is -2.11. The van der Waals surface area contributed by atoms with E-state index in [1.54, 1.807) is 0 Å². The molecule has 0 spiro atoms. The van der Waals surface area contributed by atoms with Gasteiger partial charge in [0.25, 0.3) is 0 Å². The van der Waals surface area contributed by atoms with E-state index in [1.807, 2.05) is 0 Å². The number of nitrogens with one attached hydrogen (secondary N) is 1. The Morgan fingerprint density at radius 2 is 2.13 bits per heavy atom. The molecule has 82 valence electrons.